The van der Waals surface area contributed by atoms with Crippen molar-refractivity contribution in [3.63, 3.8) is 0 Å². The summed E-state index contributed by atoms with van der Waals surface area (Å²) in [4.78, 5) is 12.3. The van der Waals surface area contributed by atoms with Gasteiger partial charge in [-0.15, -0.1) is 12.4 Å². The number of hydrogen-bond acceptors (Lipinski definition) is 4. The molecule has 2 N–H and O–H groups in total. The molecule has 1 atom stereocenters. The van der Waals surface area contributed by atoms with Gasteiger partial charge in [-0.05, 0) is 30.5 Å². The van der Waals surface area contributed by atoms with Crippen molar-refractivity contribution in [2.24, 2.45) is 0 Å². The van der Waals surface area contributed by atoms with Crippen molar-refractivity contribution in [1.82, 2.24) is 10.6 Å². The highest BCUT2D eigenvalue weighted by Gasteiger charge is 2.43. The van der Waals surface area contributed by atoms with Crippen LogP contribution in [0.25, 0.3) is 0 Å². The Hall–Kier alpha value is -1.44. The van der Waals surface area contributed by atoms with E-state index in [0.29, 0.717) is 19.8 Å². The van der Waals surface area contributed by atoms with Crippen LogP contribution in [0.3, 0.4) is 0 Å². The summed E-state index contributed by atoms with van der Waals surface area (Å²) in [5.74, 6) is -2.40. The molecule has 146 valence electrons. The average Bonchev–Trinajstić information content (AvgIpc) is 3.00. The van der Waals surface area contributed by atoms with Crippen LogP contribution < -0.4 is 15.4 Å². The van der Waals surface area contributed by atoms with Crippen LogP contribution in [0, 0.1) is 0 Å². The van der Waals surface area contributed by atoms with Crippen molar-refractivity contribution in [1.29, 1.82) is 0 Å². The molecule has 0 spiro atoms. The molecule has 1 amide bonds. The number of halogens is 3. The lowest BCUT2D eigenvalue weighted by Gasteiger charge is -2.38. The SMILES string of the molecule is COc1ccc(C2(CNC(=O)C3CC(F)(F)CN3)CCOCC2)cc1.Cl. The van der Waals surface area contributed by atoms with Crippen molar-refractivity contribution < 1.29 is 23.0 Å². The number of methoxy groups -OCH3 is 1. The lowest BCUT2D eigenvalue weighted by atomic mass is 9.74. The van der Waals surface area contributed by atoms with Crippen molar-refractivity contribution in [2.45, 2.75) is 36.6 Å². The van der Waals surface area contributed by atoms with Gasteiger partial charge in [-0.1, -0.05) is 12.1 Å². The van der Waals surface area contributed by atoms with Gasteiger partial charge < -0.3 is 14.8 Å². The van der Waals surface area contributed by atoms with Crippen LogP contribution in [0.1, 0.15) is 24.8 Å². The number of ether oxygens (including phenoxy) is 2. The monoisotopic (exact) mass is 390 g/mol. The van der Waals surface area contributed by atoms with Crippen LogP contribution >= 0.6 is 12.4 Å². The Bertz CT molecular complexity index is 607. The van der Waals surface area contributed by atoms with Crippen LogP contribution in [0.4, 0.5) is 8.78 Å². The molecule has 1 aromatic carbocycles. The van der Waals surface area contributed by atoms with Crippen molar-refractivity contribution in [3.05, 3.63) is 29.8 Å². The number of rotatable bonds is 5. The van der Waals surface area contributed by atoms with E-state index in [9.17, 15) is 13.6 Å². The summed E-state index contributed by atoms with van der Waals surface area (Å²) >= 11 is 0. The summed E-state index contributed by atoms with van der Waals surface area (Å²) in [5.41, 5.74) is 0.850. The smallest absolute Gasteiger partial charge is 0.262 e. The van der Waals surface area contributed by atoms with Gasteiger partial charge in [-0.25, -0.2) is 8.78 Å². The molecular formula is C18H25ClF2N2O3. The third kappa shape index (κ3) is 4.64. The van der Waals surface area contributed by atoms with Crippen molar-refractivity contribution in [3.8, 4) is 5.75 Å². The lowest BCUT2D eigenvalue weighted by Crippen LogP contribution is -2.48. The molecule has 5 nitrogen and oxygen atoms in total. The summed E-state index contributed by atoms with van der Waals surface area (Å²) in [6.07, 6.45) is 1.10. The zero-order valence-electron chi connectivity index (χ0n) is 14.7. The highest BCUT2D eigenvalue weighted by Crippen LogP contribution is 2.35. The van der Waals surface area contributed by atoms with Gasteiger partial charge in [0, 0.05) is 31.6 Å². The summed E-state index contributed by atoms with van der Waals surface area (Å²) in [6, 6.07) is 6.96. The molecule has 0 bridgehead atoms. The van der Waals surface area contributed by atoms with Crippen LogP contribution in [-0.4, -0.2) is 51.3 Å². The molecule has 26 heavy (non-hydrogen) atoms. The van der Waals surface area contributed by atoms with Crippen LogP contribution in [0.2, 0.25) is 0 Å². The van der Waals surface area contributed by atoms with E-state index in [2.05, 4.69) is 10.6 Å². The Morgan fingerprint density at radius 1 is 1.31 bits per heavy atom. The summed E-state index contributed by atoms with van der Waals surface area (Å²) in [6.45, 7) is 1.19. The molecule has 2 heterocycles. The molecular weight excluding hydrogens is 366 g/mol. The highest BCUT2D eigenvalue weighted by molar-refractivity contribution is 5.85. The maximum Gasteiger partial charge on any atom is 0.262 e. The first-order valence-electron chi connectivity index (χ1n) is 8.55. The minimum absolute atomic E-state index is 0. The van der Waals surface area contributed by atoms with Crippen molar-refractivity contribution >= 4 is 18.3 Å². The topological polar surface area (TPSA) is 59.6 Å². The minimum atomic E-state index is -2.81. The summed E-state index contributed by atoms with van der Waals surface area (Å²) in [7, 11) is 1.61. The molecule has 8 heteroatoms. The molecule has 0 aliphatic carbocycles. The predicted molar refractivity (Wildman–Crippen MR) is 96.3 cm³/mol. The van der Waals surface area contributed by atoms with Gasteiger partial charge in [-0.2, -0.15) is 0 Å². The van der Waals surface area contributed by atoms with Crippen LogP contribution in [0.5, 0.6) is 5.75 Å². The average molecular weight is 391 g/mol. The van der Waals surface area contributed by atoms with E-state index in [-0.39, 0.29) is 23.7 Å². The van der Waals surface area contributed by atoms with Gasteiger partial charge in [0.25, 0.3) is 5.92 Å². The second-order valence-electron chi connectivity index (χ2n) is 6.83. The number of nitrogens with one attached hydrogen (secondary N) is 2. The standard InChI is InChI=1S/C18H24F2N2O3.ClH/c1-24-14-4-2-13(3-5-14)17(6-8-25-9-7-17)11-22-16(23)15-10-18(19,20)12-21-15;/h2-5,15,21H,6-12H2,1H3,(H,22,23);1H. The molecule has 1 unspecified atom stereocenters. The van der Waals surface area contributed by atoms with Gasteiger partial charge in [-0.3, -0.25) is 10.1 Å². The largest absolute Gasteiger partial charge is 0.497 e. The molecule has 2 aliphatic rings. The predicted octanol–water partition coefficient (Wildman–Crippen LogP) is 2.28. The van der Waals surface area contributed by atoms with Gasteiger partial charge in [0.15, 0.2) is 0 Å². The number of carbonyl (C=O) groups excluding carboxylic acids is 1. The normalized spacial score (nSPS) is 23.7. The fourth-order valence-corrected chi connectivity index (χ4v) is 3.55. The number of carbonyl (C=O) groups is 1. The maximum atomic E-state index is 13.3. The Labute approximate surface area is 158 Å². The third-order valence-electron chi connectivity index (χ3n) is 5.18. The Morgan fingerprint density at radius 2 is 1.96 bits per heavy atom. The Balaban J connectivity index is 0.00000243. The van der Waals surface area contributed by atoms with E-state index in [1.807, 2.05) is 24.3 Å². The second-order valence-corrected chi connectivity index (χ2v) is 6.83. The molecule has 0 saturated carbocycles. The summed E-state index contributed by atoms with van der Waals surface area (Å²) in [5, 5.41) is 5.48. The van der Waals surface area contributed by atoms with E-state index >= 15 is 0 Å². The van der Waals surface area contributed by atoms with E-state index in [4.69, 9.17) is 9.47 Å². The van der Waals surface area contributed by atoms with Crippen LogP contribution in [0.15, 0.2) is 24.3 Å². The first kappa shape index (κ1) is 20.9. The van der Waals surface area contributed by atoms with Gasteiger partial charge >= 0.3 is 0 Å². The molecule has 0 aromatic heterocycles. The fraction of sp³-hybridized carbons (Fsp3) is 0.611. The zero-order chi connectivity index (χ0) is 17.9. The number of amides is 1. The highest BCUT2D eigenvalue weighted by atomic mass is 35.5. The van der Waals surface area contributed by atoms with E-state index in [1.54, 1.807) is 7.11 Å². The van der Waals surface area contributed by atoms with Gasteiger partial charge in [0.1, 0.15) is 5.75 Å². The minimum Gasteiger partial charge on any atom is -0.497 e. The molecule has 1 aromatic rings. The third-order valence-corrected chi connectivity index (χ3v) is 5.18. The number of hydrogen-bond donors (Lipinski definition) is 2. The lowest BCUT2D eigenvalue weighted by molar-refractivity contribution is -0.123. The van der Waals surface area contributed by atoms with E-state index in [0.717, 1.165) is 24.2 Å². The molecule has 2 fully saturated rings. The van der Waals surface area contributed by atoms with Gasteiger partial charge in [0.2, 0.25) is 5.91 Å². The van der Waals surface area contributed by atoms with E-state index < -0.39 is 24.9 Å². The van der Waals surface area contributed by atoms with Crippen LogP contribution in [-0.2, 0) is 14.9 Å². The number of alkyl halides is 2. The quantitative estimate of drug-likeness (QED) is 0.809. The Morgan fingerprint density at radius 3 is 2.50 bits per heavy atom. The molecule has 0 radical (unpaired) electrons. The molecule has 2 aliphatic heterocycles. The van der Waals surface area contributed by atoms with E-state index in [1.165, 1.54) is 0 Å². The van der Waals surface area contributed by atoms with Gasteiger partial charge in [0.05, 0.1) is 19.7 Å². The first-order chi connectivity index (χ1) is 11.9. The maximum absolute atomic E-state index is 13.3. The first-order valence-corrected chi connectivity index (χ1v) is 8.55. The zero-order valence-corrected chi connectivity index (χ0v) is 15.5. The molecule has 3 rings (SSSR count). The second kappa shape index (κ2) is 8.50. The summed E-state index contributed by atoms with van der Waals surface area (Å²) < 4.78 is 37.3. The fourth-order valence-electron chi connectivity index (χ4n) is 3.55. The Kier molecular flexibility index (Phi) is 6.82. The van der Waals surface area contributed by atoms with Crippen molar-refractivity contribution in [2.75, 3.05) is 33.4 Å². The molecule has 2 saturated heterocycles. The number of benzene rings is 1.